The highest BCUT2D eigenvalue weighted by molar-refractivity contribution is 6.73. The molecule has 0 aromatic heterocycles. The van der Waals surface area contributed by atoms with Gasteiger partial charge in [-0.3, -0.25) is 0 Å². The molecule has 0 aliphatic heterocycles. The lowest BCUT2D eigenvalue weighted by Crippen LogP contribution is -2.33. The molecule has 0 saturated carbocycles. The van der Waals surface area contributed by atoms with Crippen molar-refractivity contribution < 1.29 is 12.9 Å². The van der Waals surface area contributed by atoms with Crippen LogP contribution < -0.4 is 11.3 Å². The van der Waals surface area contributed by atoms with Gasteiger partial charge in [0, 0.05) is 0 Å². The Bertz CT molecular complexity index is 305. The summed E-state index contributed by atoms with van der Waals surface area (Å²) in [4.78, 5) is 0. The van der Waals surface area contributed by atoms with Gasteiger partial charge in [0.05, 0.1) is 6.21 Å². The van der Waals surface area contributed by atoms with Gasteiger partial charge in [0.1, 0.15) is 0 Å². The fraction of sp³-hybridized carbons (Fsp3) is 0. The quantitative estimate of drug-likeness (QED) is 0.319. The van der Waals surface area contributed by atoms with Crippen LogP contribution in [0.2, 0.25) is 0 Å². The van der Waals surface area contributed by atoms with Crippen molar-refractivity contribution in [3.63, 3.8) is 0 Å². The van der Waals surface area contributed by atoms with Gasteiger partial charge in [0.2, 0.25) is 0 Å². The van der Waals surface area contributed by atoms with Gasteiger partial charge in [-0.05, 0) is 5.56 Å². The Hall–Kier alpha value is -1.46. The Balaban J connectivity index is 2.94. The minimum Gasteiger partial charge on any atom is -0.445 e. The van der Waals surface area contributed by atoms with Crippen molar-refractivity contribution in [3.8, 4) is 0 Å². The smallest absolute Gasteiger partial charge is 0.445 e. The maximum atomic E-state index is 12.1. The van der Waals surface area contributed by atoms with Crippen LogP contribution in [-0.4, -0.2) is 13.2 Å². The van der Waals surface area contributed by atoms with Crippen molar-refractivity contribution in [2.24, 2.45) is 10.9 Å². The third-order valence-corrected chi connectivity index (χ3v) is 1.54. The van der Waals surface area contributed by atoms with Gasteiger partial charge in [-0.1, -0.05) is 24.3 Å². The molecule has 0 amide bonds. The molecule has 0 fully saturated rings. The monoisotopic (exact) mass is 187 g/mol. The average molecular weight is 187 g/mol. The zero-order valence-electron chi connectivity index (χ0n) is 6.62. The predicted molar refractivity (Wildman–Crippen MR) is 46.9 cm³/mol. The predicted octanol–water partition coefficient (Wildman–Crippen LogP) is 1.03. The van der Waals surface area contributed by atoms with E-state index in [1.165, 1.54) is 18.3 Å². The molecular weight excluding hydrogens is 180 g/mol. The van der Waals surface area contributed by atoms with E-state index < -0.39 is 12.4 Å². The Morgan fingerprint density at radius 2 is 1.69 bits per heavy atom. The second-order valence-electron chi connectivity index (χ2n) is 2.52. The van der Waals surface area contributed by atoms with E-state index in [4.69, 9.17) is 5.84 Å². The van der Waals surface area contributed by atoms with Crippen LogP contribution in [0.4, 0.5) is 12.9 Å². The highest BCUT2D eigenvalue weighted by Crippen LogP contribution is 2.08. The van der Waals surface area contributed by atoms with Crippen LogP contribution in [0.5, 0.6) is 0 Å². The Kier molecular flexibility index (Phi) is 2.60. The summed E-state index contributed by atoms with van der Waals surface area (Å²) < 4.78 is 36.3. The molecule has 1 aromatic carbocycles. The minimum absolute atomic E-state index is 0.548. The molecule has 6 heteroatoms. The van der Waals surface area contributed by atoms with Gasteiger partial charge < -0.3 is 18.8 Å². The Labute approximate surface area is 73.3 Å². The van der Waals surface area contributed by atoms with Crippen LogP contribution in [0.15, 0.2) is 29.4 Å². The second-order valence-corrected chi connectivity index (χ2v) is 2.52. The zero-order valence-corrected chi connectivity index (χ0v) is 6.62. The van der Waals surface area contributed by atoms with Crippen LogP contribution in [0.3, 0.4) is 0 Å². The lowest BCUT2D eigenvalue weighted by Gasteiger charge is -2.14. The van der Waals surface area contributed by atoms with E-state index in [-0.39, 0.29) is 0 Å². The summed E-state index contributed by atoms with van der Waals surface area (Å²) in [5.74, 6) is 4.84. The third-order valence-electron chi connectivity index (χ3n) is 1.54. The van der Waals surface area contributed by atoms with Gasteiger partial charge in [0.25, 0.3) is 0 Å². The molecule has 70 valence electrons. The normalized spacial score (nSPS) is 12.2. The summed E-state index contributed by atoms with van der Waals surface area (Å²) in [6.45, 7) is -4.91. The molecule has 0 atom stereocenters. The molecule has 0 heterocycles. The largest absolute Gasteiger partial charge is 0.509 e. The van der Waals surface area contributed by atoms with Crippen LogP contribution in [0, 0.1) is 0 Å². The summed E-state index contributed by atoms with van der Waals surface area (Å²) in [7, 11) is 0. The molecule has 13 heavy (non-hydrogen) atoms. The van der Waals surface area contributed by atoms with E-state index >= 15 is 0 Å². The molecule has 0 unspecified atom stereocenters. The highest BCUT2D eigenvalue weighted by Gasteiger charge is 2.24. The first-order valence-corrected chi connectivity index (χ1v) is 3.57. The topological polar surface area (TPSA) is 38.4 Å². The van der Waals surface area contributed by atoms with Gasteiger partial charge in [-0.25, -0.2) is 0 Å². The van der Waals surface area contributed by atoms with Gasteiger partial charge >= 0.3 is 6.98 Å². The van der Waals surface area contributed by atoms with Crippen LogP contribution >= 0.6 is 0 Å². The maximum Gasteiger partial charge on any atom is 0.509 e. The van der Waals surface area contributed by atoms with E-state index in [2.05, 4.69) is 5.10 Å². The molecule has 2 N–H and O–H groups in total. The first-order valence-electron chi connectivity index (χ1n) is 3.57. The molecular formula is C7H7BF3N2-. The molecule has 0 saturated heterocycles. The van der Waals surface area contributed by atoms with E-state index in [0.29, 0.717) is 5.56 Å². The number of rotatable bonds is 2. The molecule has 1 rings (SSSR count). The number of nitrogens with two attached hydrogens (primary N) is 1. The number of hydrazone groups is 1. The first-order chi connectivity index (χ1) is 6.04. The van der Waals surface area contributed by atoms with Crippen molar-refractivity contribution >= 4 is 18.7 Å². The number of benzene rings is 1. The van der Waals surface area contributed by atoms with Gasteiger partial charge in [0.15, 0.2) is 0 Å². The molecule has 0 aliphatic rings. The number of nitrogens with zero attached hydrogens (tertiary/aromatic N) is 1. The first kappa shape index (κ1) is 9.63. The molecule has 1 aromatic rings. The Morgan fingerprint density at radius 3 is 2.08 bits per heavy atom. The van der Waals surface area contributed by atoms with Crippen molar-refractivity contribution in [1.29, 1.82) is 0 Å². The van der Waals surface area contributed by atoms with Crippen molar-refractivity contribution in [1.82, 2.24) is 0 Å². The SMILES string of the molecule is NN=Cc1ccc([B-](F)(F)F)cc1. The number of hydrogen-bond acceptors (Lipinski definition) is 2. The summed E-state index contributed by atoms with van der Waals surface area (Å²) in [5, 5.41) is 3.20. The Morgan fingerprint density at radius 1 is 1.15 bits per heavy atom. The fourth-order valence-electron chi connectivity index (χ4n) is 0.886. The van der Waals surface area contributed by atoms with Gasteiger partial charge in [-0.2, -0.15) is 5.10 Å². The van der Waals surface area contributed by atoms with E-state index in [1.807, 2.05) is 0 Å². The molecule has 2 nitrogen and oxygen atoms in total. The number of hydrogen-bond donors (Lipinski definition) is 1. The lowest BCUT2D eigenvalue weighted by molar-refractivity contribution is 0.501. The highest BCUT2D eigenvalue weighted by atomic mass is 19.4. The van der Waals surface area contributed by atoms with Crippen LogP contribution in [-0.2, 0) is 0 Å². The summed E-state index contributed by atoms with van der Waals surface area (Å²) in [6.07, 6.45) is 1.28. The van der Waals surface area contributed by atoms with Crippen molar-refractivity contribution in [3.05, 3.63) is 29.8 Å². The van der Waals surface area contributed by atoms with E-state index in [9.17, 15) is 12.9 Å². The average Bonchev–Trinajstić information content (AvgIpc) is 2.04. The molecule has 0 radical (unpaired) electrons. The fourth-order valence-corrected chi connectivity index (χ4v) is 0.886. The second kappa shape index (κ2) is 3.51. The summed E-state index contributed by atoms with van der Waals surface area (Å²) in [5.41, 5.74) is -0.0690. The van der Waals surface area contributed by atoms with Gasteiger partial charge in [-0.15, -0.1) is 5.46 Å². The van der Waals surface area contributed by atoms with Crippen molar-refractivity contribution in [2.75, 3.05) is 0 Å². The van der Waals surface area contributed by atoms with Crippen LogP contribution in [0.25, 0.3) is 0 Å². The lowest BCUT2D eigenvalue weighted by atomic mass is 9.80. The maximum absolute atomic E-state index is 12.1. The zero-order chi connectivity index (χ0) is 9.90. The van der Waals surface area contributed by atoms with Crippen LogP contribution in [0.1, 0.15) is 5.56 Å². The van der Waals surface area contributed by atoms with E-state index in [1.54, 1.807) is 0 Å². The minimum atomic E-state index is -4.91. The summed E-state index contributed by atoms with van der Waals surface area (Å²) in [6, 6.07) is 4.66. The van der Waals surface area contributed by atoms with Crippen molar-refractivity contribution in [2.45, 2.75) is 0 Å². The third kappa shape index (κ3) is 2.50. The summed E-state index contributed by atoms with van der Waals surface area (Å²) >= 11 is 0. The number of halogens is 3. The van der Waals surface area contributed by atoms with E-state index in [0.717, 1.165) is 12.1 Å². The molecule has 0 bridgehead atoms. The molecule has 0 aliphatic carbocycles. The standard InChI is InChI=1S/C7H7BF3N2/c9-8(10,11)7-3-1-6(2-4-7)5-13-12/h1-5H,12H2/q-1. The molecule has 0 spiro atoms.